The highest BCUT2D eigenvalue weighted by atomic mass is 32.1. The highest BCUT2D eigenvalue weighted by Gasteiger charge is 2.36. The molecule has 3 aliphatic rings. The van der Waals surface area contributed by atoms with Crippen LogP contribution in [0.1, 0.15) is 49.5 Å². The van der Waals surface area contributed by atoms with Gasteiger partial charge in [0.1, 0.15) is 5.01 Å². The van der Waals surface area contributed by atoms with Gasteiger partial charge in [0.2, 0.25) is 5.13 Å². The lowest BCUT2D eigenvalue weighted by Gasteiger charge is -2.43. The number of aromatic nitrogens is 2. The zero-order valence-electron chi connectivity index (χ0n) is 10.5. The number of anilines is 1. The van der Waals surface area contributed by atoms with Crippen molar-refractivity contribution in [3.8, 4) is 0 Å². The summed E-state index contributed by atoms with van der Waals surface area (Å²) in [5.74, 6) is 0.722. The maximum atomic E-state index is 5.91. The molecule has 1 aliphatic heterocycles. The average Bonchev–Trinajstić information content (AvgIpc) is 3.16. The van der Waals surface area contributed by atoms with Crippen LogP contribution in [0.3, 0.4) is 0 Å². The highest BCUT2D eigenvalue weighted by molar-refractivity contribution is 7.15. The van der Waals surface area contributed by atoms with Gasteiger partial charge in [-0.05, 0) is 25.7 Å². The number of morpholine rings is 1. The number of nitrogens with zero attached hydrogens (tertiary/aromatic N) is 3. The number of hydrogen-bond donors (Lipinski definition) is 0. The zero-order chi connectivity index (χ0) is 11.9. The third-order valence-corrected chi connectivity index (χ3v) is 5.46. The van der Waals surface area contributed by atoms with Crippen LogP contribution in [0.15, 0.2) is 0 Å². The first-order chi connectivity index (χ1) is 8.92. The zero-order valence-corrected chi connectivity index (χ0v) is 11.4. The summed E-state index contributed by atoms with van der Waals surface area (Å²) in [6.07, 6.45) is 8.17. The Hall–Kier alpha value is -0.680. The van der Waals surface area contributed by atoms with Gasteiger partial charge in [0, 0.05) is 12.5 Å². The van der Waals surface area contributed by atoms with Gasteiger partial charge < -0.3 is 9.64 Å². The number of fused-ring (bicyclic) bond motifs is 1. The minimum atomic E-state index is 0.431. The van der Waals surface area contributed by atoms with E-state index in [9.17, 15) is 0 Å². The molecule has 0 aromatic carbocycles. The number of rotatable bonds is 2. The minimum absolute atomic E-state index is 0.431. The summed E-state index contributed by atoms with van der Waals surface area (Å²) in [5.41, 5.74) is 0. The van der Waals surface area contributed by atoms with E-state index in [4.69, 9.17) is 4.74 Å². The Labute approximate surface area is 111 Å². The molecule has 0 N–H and O–H groups in total. The fourth-order valence-corrected chi connectivity index (χ4v) is 4.27. The van der Waals surface area contributed by atoms with Crippen LogP contribution in [-0.4, -0.2) is 35.5 Å². The van der Waals surface area contributed by atoms with Crippen molar-refractivity contribution in [2.75, 3.05) is 18.1 Å². The van der Waals surface area contributed by atoms with Crippen molar-refractivity contribution < 1.29 is 4.74 Å². The van der Waals surface area contributed by atoms with Crippen molar-refractivity contribution >= 4 is 16.5 Å². The largest absolute Gasteiger partial charge is 0.374 e. The van der Waals surface area contributed by atoms with E-state index in [1.807, 2.05) is 11.3 Å². The van der Waals surface area contributed by atoms with Gasteiger partial charge in [-0.1, -0.05) is 24.2 Å². The highest BCUT2D eigenvalue weighted by Crippen LogP contribution is 2.43. The molecule has 1 aromatic rings. The van der Waals surface area contributed by atoms with Crippen LogP contribution in [0.4, 0.5) is 5.13 Å². The Bertz CT molecular complexity index is 430. The van der Waals surface area contributed by atoms with Crippen LogP contribution < -0.4 is 4.90 Å². The second-order valence-corrected chi connectivity index (χ2v) is 6.64. The first-order valence-corrected chi connectivity index (χ1v) is 7.95. The van der Waals surface area contributed by atoms with E-state index in [1.54, 1.807) is 0 Å². The molecule has 3 fully saturated rings. The normalized spacial score (nSPS) is 32.3. The average molecular weight is 265 g/mol. The van der Waals surface area contributed by atoms with Crippen LogP contribution in [0, 0.1) is 0 Å². The molecule has 5 heteroatoms. The molecule has 4 nitrogen and oxygen atoms in total. The van der Waals surface area contributed by atoms with Crippen LogP contribution in [0.2, 0.25) is 0 Å². The van der Waals surface area contributed by atoms with E-state index in [0.29, 0.717) is 12.1 Å². The van der Waals surface area contributed by atoms with Crippen molar-refractivity contribution in [3.63, 3.8) is 0 Å². The number of hydrogen-bond acceptors (Lipinski definition) is 5. The Morgan fingerprint density at radius 3 is 2.89 bits per heavy atom. The van der Waals surface area contributed by atoms with Crippen LogP contribution in [-0.2, 0) is 4.74 Å². The molecule has 98 valence electrons. The predicted molar refractivity (Wildman–Crippen MR) is 71.2 cm³/mol. The molecule has 4 rings (SSSR count). The topological polar surface area (TPSA) is 38.2 Å². The van der Waals surface area contributed by atoms with E-state index < -0.39 is 0 Å². The smallest absolute Gasteiger partial charge is 0.208 e. The summed E-state index contributed by atoms with van der Waals surface area (Å²) >= 11 is 1.81. The summed E-state index contributed by atoms with van der Waals surface area (Å²) in [6, 6.07) is 0.549. The van der Waals surface area contributed by atoms with Gasteiger partial charge in [0.25, 0.3) is 0 Å². The Morgan fingerprint density at radius 1 is 1.11 bits per heavy atom. The van der Waals surface area contributed by atoms with E-state index in [0.717, 1.165) is 24.2 Å². The van der Waals surface area contributed by atoms with Gasteiger partial charge in [-0.25, -0.2) is 0 Å². The van der Waals surface area contributed by atoms with Crippen molar-refractivity contribution in [1.29, 1.82) is 0 Å². The molecular weight excluding hydrogens is 246 g/mol. The van der Waals surface area contributed by atoms with Crippen molar-refractivity contribution in [2.24, 2.45) is 0 Å². The first-order valence-electron chi connectivity index (χ1n) is 7.13. The molecular formula is C13H19N3OS. The lowest BCUT2D eigenvalue weighted by Crippen LogP contribution is -2.52. The van der Waals surface area contributed by atoms with Gasteiger partial charge in [-0.2, -0.15) is 0 Å². The number of ether oxygens (including phenoxy) is 1. The molecule has 0 spiro atoms. The summed E-state index contributed by atoms with van der Waals surface area (Å²) in [6.45, 7) is 1.83. The molecule has 2 heterocycles. The summed E-state index contributed by atoms with van der Waals surface area (Å²) in [7, 11) is 0. The van der Waals surface area contributed by atoms with Crippen molar-refractivity contribution in [2.45, 2.75) is 56.6 Å². The lowest BCUT2D eigenvalue weighted by atomic mass is 9.90. The van der Waals surface area contributed by atoms with Gasteiger partial charge in [0.05, 0.1) is 18.8 Å². The van der Waals surface area contributed by atoms with E-state index >= 15 is 0 Å². The summed E-state index contributed by atoms with van der Waals surface area (Å²) < 4.78 is 5.91. The van der Waals surface area contributed by atoms with Gasteiger partial charge in [-0.3, -0.25) is 0 Å². The van der Waals surface area contributed by atoms with E-state index in [2.05, 4.69) is 15.1 Å². The molecule has 0 amide bonds. The molecule has 18 heavy (non-hydrogen) atoms. The standard InChI is InChI=1S/C13H19N3OS/c1-2-4-11-10(3-1)16(7-8-17-11)13-15-14-12(18-13)9-5-6-9/h9-11H,1-8H2/t10-,11-/m0/s1. The molecule has 1 saturated heterocycles. The first kappa shape index (κ1) is 11.2. The minimum Gasteiger partial charge on any atom is -0.374 e. The third kappa shape index (κ3) is 1.93. The molecule has 0 unspecified atom stereocenters. The molecule has 1 aromatic heterocycles. The Balaban J connectivity index is 1.57. The SMILES string of the molecule is C1CC[C@H]2[C@H](C1)OCCN2c1nnc(C2CC2)s1. The van der Waals surface area contributed by atoms with Gasteiger partial charge in [-0.15, -0.1) is 10.2 Å². The second-order valence-electron chi connectivity index (χ2n) is 5.65. The van der Waals surface area contributed by atoms with Crippen molar-refractivity contribution in [3.05, 3.63) is 5.01 Å². The summed E-state index contributed by atoms with van der Waals surface area (Å²) in [4.78, 5) is 2.47. The second kappa shape index (κ2) is 4.46. The molecule has 0 radical (unpaired) electrons. The van der Waals surface area contributed by atoms with E-state index in [-0.39, 0.29) is 0 Å². The van der Waals surface area contributed by atoms with Crippen LogP contribution in [0.5, 0.6) is 0 Å². The maximum absolute atomic E-state index is 5.91. The predicted octanol–water partition coefficient (Wildman–Crippen LogP) is 2.56. The van der Waals surface area contributed by atoms with Crippen LogP contribution >= 0.6 is 11.3 Å². The van der Waals surface area contributed by atoms with Crippen LogP contribution in [0.25, 0.3) is 0 Å². The molecule has 2 aliphatic carbocycles. The molecule has 2 saturated carbocycles. The molecule has 2 atom stereocenters. The fourth-order valence-electron chi connectivity index (χ4n) is 3.17. The van der Waals surface area contributed by atoms with Crippen molar-refractivity contribution in [1.82, 2.24) is 10.2 Å². The fraction of sp³-hybridized carbons (Fsp3) is 0.846. The molecule has 0 bridgehead atoms. The summed E-state index contributed by atoms with van der Waals surface area (Å²) in [5, 5.41) is 11.2. The lowest BCUT2D eigenvalue weighted by molar-refractivity contribution is -0.00873. The maximum Gasteiger partial charge on any atom is 0.208 e. The third-order valence-electron chi connectivity index (χ3n) is 4.33. The monoisotopic (exact) mass is 265 g/mol. The Kier molecular flexibility index (Phi) is 2.77. The quantitative estimate of drug-likeness (QED) is 0.823. The van der Waals surface area contributed by atoms with E-state index in [1.165, 1.54) is 43.5 Å². The van der Waals surface area contributed by atoms with Gasteiger partial charge in [0.15, 0.2) is 0 Å². The Morgan fingerprint density at radius 2 is 2.00 bits per heavy atom. The van der Waals surface area contributed by atoms with Gasteiger partial charge >= 0.3 is 0 Å².